The number of benzene rings is 1. The Morgan fingerprint density at radius 1 is 1.30 bits per heavy atom. The molecular weight excluding hydrogens is 294 g/mol. The van der Waals surface area contributed by atoms with Crippen LogP contribution >= 0.6 is 0 Å². The Balaban J connectivity index is 1.85. The van der Waals surface area contributed by atoms with Crippen LogP contribution < -0.4 is 10.1 Å². The molecule has 0 saturated carbocycles. The van der Waals surface area contributed by atoms with Gasteiger partial charge in [-0.3, -0.25) is 4.79 Å². The molecule has 0 spiro atoms. The second-order valence-corrected chi connectivity index (χ2v) is 5.29. The fraction of sp³-hybridized carbons (Fsp3) is 0.500. The normalized spacial score (nSPS) is 10.5. The number of aromatic nitrogens is 4. The van der Waals surface area contributed by atoms with Crippen molar-refractivity contribution in [2.24, 2.45) is 0 Å². The van der Waals surface area contributed by atoms with Gasteiger partial charge in [-0.2, -0.15) is 4.80 Å². The van der Waals surface area contributed by atoms with Crippen LogP contribution in [0.3, 0.4) is 0 Å². The summed E-state index contributed by atoms with van der Waals surface area (Å²) in [7, 11) is 1.61. The average molecular weight is 317 g/mol. The van der Waals surface area contributed by atoms with Crippen molar-refractivity contribution >= 4 is 5.91 Å². The first-order valence-corrected chi connectivity index (χ1v) is 7.92. The minimum Gasteiger partial charge on any atom is -0.497 e. The number of tetrazole rings is 1. The molecule has 2 rings (SSSR count). The summed E-state index contributed by atoms with van der Waals surface area (Å²) in [6.07, 6.45) is 4.52. The predicted octanol–water partition coefficient (Wildman–Crippen LogP) is 2.05. The molecule has 1 heterocycles. The lowest BCUT2D eigenvalue weighted by Gasteiger charge is -2.03. The zero-order valence-corrected chi connectivity index (χ0v) is 13.7. The second kappa shape index (κ2) is 8.87. The van der Waals surface area contributed by atoms with Crippen molar-refractivity contribution in [1.29, 1.82) is 0 Å². The van der Waals surface area contributed by atoms with Gasteiger partial charge >= 0.3 is 0 Å². The maximum atomic E-state index is 11.8. The van der Waals surface area contributed by atoms with Crippen molar-refractivity contribution in [2.75, 3.05) is 13.7 Å². The van der Waals surface area contributed by atoms with E-state index in [0.717, 1.165) is 24.2 Å². The van der Waals surface area contributed by atoms with E-state index in [9.17, 15) is 4.79 Å². The van der Waals surface area contributed by atoms with Gasteiger partial charge in [-0.25, -0.2) is 0 Å². The molecule has 7 nitrogen and oxygen atoms in total. The van der Waals surface area contributed by atoms with Gasteiger partial charge in [-0.15, -0.1) is 10.2 Å². The van der Waals surface area contributed by atoms with Gasteiger partial charge in [0.1, 0.15) is 12.3 Å². The predicted molar refractivity (Wildman–Crippen MR) is 87.0 cm³/mol. The van der Waals surface area contributed by atoms with Crippen LogP contribution in [0.5, 0.6) is 5.75 Å². The van der Waals surface area contributed by atoms with Crippen molar-refractivity contribution in [3.63, 3.8) is 0 Å². The van der Waals surface area contributed by atoms with Crippen LogP contribution in [0.1, 0.15) is 32.6 Å². The Hall–Kier alpha value is -2.44. The smallest absolute Gasteiger partial charge is 0.243 e. The Morgan fingerprint density at radius 3 is 2.96 bits per heavy atom. The van der Waals surface area contributed by atoms with Gasteiger partial charge in [0.05, 0.1) is 7.11 Å². The van der Waals surface area contributed by atoms with Crippen LogP contribution in [0.2, 0.25) is 0 Å². The fourth-order valence-corrected chi connectivity index (χ4v) is 2.15. The minimum atomic E-state index is -0.101. The SMILES string of the molecule is CCCCCCNC(=O)Cn1nnc(-c2cccc(OC)c2)n1. The van der Waals surface area contributed by atoms with Crippen molar-refractivity contribution < 1.29 is 9.53 Å². The first-order chi connectivity index (χ1) is 11.2. The molecule has 1 aromatic carbocycles. The van der Waals surface area contributed by atoms with Gasteiger partial charge < -0.3 is 10.1 Å². The van der Waals surface area contributed by atoms with Gasteiger partial charge in [0.25, 0.3) is 0 Å². The van der Waals surface area contributed by atoms with E-state index >= 15 is 0 Å². The number of hydrogen-bond acceptors (Lipinski definition) is 5. The highest BCUT2D eigenvalue weighted by Gasteiger charge is 2.09. The maximum absolute atomic E-state index is 11.8. The average Bonchev–Trinajstić information content (AvgIpc) is 3.03. The summed E-state index contributed by atoms with van der Waals surface area (Å²) in [6.45, 7) is 2.93. The molecule has 1 aromatic heterocycles. The van der Waals surface area contributed by atoms with Crippen molar-refractivity contribution in [1.82, 2.24) is 25.5 Å². The maximum Gasteiger partial charge on any atom is 0.243 e. The molecule has 0 atom stereocenters. The van der Waals surface area contributed by atoms with Gasteiger partial charge in [0.15, 0.2) is 0 Å². The molecule has 0 aliphatic carbocycles. The highest BCUT2D eigenvalue weighted by Crippen LogP contribution is 2.19. The standard InChI is InChI=1S/C16H23N5O2/c1-3-4-5-6-10-17-15(22)12-21-19-16(18-20-21)13-8-7-9-14(11-13)23-2/h7-9,11H,3-6,10,12H2,1-2H3,(H,17,22). The van der Waals surface area contributed by atoms with Crippen LogP contribution in [0.15, 0.2) is 24.3 Å². The highest BCUT2D eigenvalue weighted by atomic mass is 16.5. The number of nitrogens with zero attached hydrogens (tertiary/aromatic N) is 4. The second-order valence-electron chi connectivity index (χ2n) is 5.29. The molecule has 1 amide bonds. The molecule has 0 radical (unpaired) electrons. The van der Waals surface area contributed by atoms with E-state index in [4.69, 9.17) is 4.74 Å². The van der Waals surface area contributed by atoms with Crippen molar-refractivity contribution in [2.45, 2.75) is 39.2 Å². The molecule has 0 fully saturated rings. The van der Waals surface area contributed by atoms with Crippen LogP contribution in [-0.4, -0.2) is 39.8 Å². The van der Waals surface area contributed by atoms with E-state index in [1.807, 2.05) is 24.3 Å². The number of ether oxygens (including phenoxy) is 1. The summed E-state index contributed by atoms with van der Waals surface area (Å²) in [5.74, 6) is 1.10. The molecule has 7 heteroatoms. The number of carbonyl (C=O) groups is 1. The van der Waals surface area contributed by atoms with Crippen LogP contribution in [0.25, 0.3) is 11.4 Å². The summed E-state index contributed by atoms with van der Waals surface area (Å²) >= 11 is 0. The number of rotatable bonds is 9. The molecule has 2 aromatic rings. The Labute approximate surface area is 136 Å². The zero-order valence-electron chi connectivity index (χ0n) is 13.7. The van der Waals surface area contributed by atoms with E-state index in [2.05, 4.69) is 27.7 Å². The third-order valence-electron chi connectivity index (χ3n) is 3.42. The van der Waals surface area contributed by atoms with E-state index in [1.54, 1.807) is 7.11 Å². The first-order valence-electron chi connectivity index (χ1n) is 7.92. The molecule has 1 N–H and O–H groups in total. The molecule has 0 bridgehead atoms. The summed E-state index contributed by atoms with van der Waals surface area (Å²) < 4.78 is 5.17. The Morgan fingerprint density at radius 2 is 2.17 bits per heavy atom. The number of carbonyl (C=O) groups excluding carboxylic acids is 1. The largest absolute Gasteiger partial charge is 0.497 e. The van der Waals surface area contributed by atoms with Crippen LogP contribution in [0.4, 0.5) is 0 Å². The van der Waals surface area contributed by atoms with Crippen LogP contribution in [-0.2, 0) is 11.3 Å². The number of hydrogen-bond donors (Lipinski definition) is 1. The van der Waals surface area contributed by atoms with E-state index in [0.29, 0.717) is 12.4 Å². The van der Waals surface area contributed by atoms with E-state index < -0.39 is 0 Å². The lowest BCUT2D eigenvalue weighted by Crippen LogP contribution is -2.29. The van der Waals surface area contributed by atoms with Crippen molar-refractivity contribution in [3.05, 3.63) is 24.3 Å². The number of amides is 1. The number of methoxy groups -OCH3 is 1. The molecule has 124 valence electrons. The molecule has 0 saturated heterocycles. The van der Waals surface area contributed by atoms with Gasteiger partial charge in [-0.05, 0) is 23.8 Å². The quantitative estimate of drug-likeness (QED) is 0.716. The minimum absolute atomic E-state index is 0.0742. The number of unbranched alkanes of at least 4 members (excludes halogenated alkanes) is 3. The molecule has 0 unspecified atom stereocenters. The first kappa shape index (κ1) is 16.9. The number of nitrogens with one attached hydrogen (secondary N) is 1. The molecule has 0 aliphatic rings. The Kier molecular flexibility index (Phi) is 6.53. The van der Waals surface area contributed by atoms with Gasteiger partial charge in [0.2, 0.25) is 11.7 Å². The Bertz CT molecular complexity index is 626. The third kappa shape index (κ3) is 5.36. The van der Waals surface area contributed by atoms with Gasteiger partial charge in [-0.1, -0.05) is 38.3 Å². The van der Waals surface area contributed by atoms with E-state index in [-0.39, 0.29) is 12.5 Å². The monoisotopic (exact) mass is 317 g/mol. The molecular formula is C16H23N5O2. The fourth-order valence-electron chi connectivity index (χ4n) is 2.15. The summed E-state index contributed by atoms with van der Waals surface area (Å²) in [4.78, 5) is 13.1. The van der Waals surface area contributed by atoms with Crippen LogP contribution in [0, 0.1) is 0 Å². The van der Waals surface area contributed by atoms with E-state index in [1.165, 1.54) is 17.6 Å². The summed E-state index contributed by atoms with van der Waals surface area (Å²) in [5.41, 5.74) is 0.801. The van der Waals surface area contributed by atoms with Gasteiger partial charge in [0, 0.05) is 12.1 Å². The van der Waals surface area contributed by atoms with Crippen molar-refractivity contribution in [3.8, 4) is 17.1 Å². The summed E-state index contributed by atoms with van der Waals surface area (Å²) in [5, 5.41) is 15.0. The molecule has 0 aliphatic heterocycles. The highest BCUT2D eigenvalue weighted by molar-refractivity contribution is 5.75. The third-order valence-corrected chi connectivity index (χ3v) is 3.42. The lowest BCUT2D eigenvalue weighted by molar-refractivity contribution is -0.122. The summed E-state index contributed by atoms with van der Waals surface area (Å²) in [6, 6.07) is 7.41. The molecule has 23 heavy (non-hydrogen) atoms. The lowest BCUT2D eigenvalue weighted by atomic mass is 10.2. The topological polar surface area (TPSA) is 81.9 Å². The zero-order chi connectivity index (χ0) is 16.5.